The predicted molar refractivity (Wildman–Crippen MR) is 52.1 cm³/mol. The maximum absolute atomic E-state index is 10.8. The molecule has 1 rings (SSSR count). The van der Waals surface area contributed by atoms with Gasteiger partial charge in [-0.2, -0.15) is 0 Å². The van der Waals surface area contributed by atoms with Crippen molar-refractivity contribution in [2.75, 3.05) is 0 Å². The second-order valence-electron chi connectivity index (χ2n) is 3.29. The lowest BCUT2D eigenvalue weighted by Crippen LogP contribution is -2.36. The first-order chi connectivity index (χ1) is 7.93. The zero-order valence-electron chi connectivity index (χ0n) is 8.48. The van der Waals surface area contributed by atoms with E-state index in [4.69, 9.17) is 14.6 Å². The van der Waals surface area contributed by atoms with E-state index in [-0.39, 0.29) is 5.76 Å². The molecule has 0 aliphatic rings. The minimum atomic E-state index is -2.04. The summed E-state index contributed by atoms with van der Waals surface area (Å²) in [4.78, 5) is 31.0. The van der Waals surface area contributed by atoms with Gasteiger partial charge in [0.15, 0.2) is 0 Å². The van der Waals surface area contributed by atoms with E-state index in [9.17, 15) is 19.7 Å². The van der Waals surface area contributed by atoms with E-state index in [0.717, 1.165) is 0 Å². The van der Waals surface area contributed by atoms with Crippen LogP contribution in [0.3, 0.4) is 0 Å². The summed E-state index contributed by atoms with van der Waals surface area (Å²) in [5.41, 5.74) is 0. The maximum Gasteiger partial charge on any atom is 0.380 e. The third-order valence-electron chi connectivity index (χ3n) is 2.16. The van der Waals surface area contributed by atoms with Crippen molar-refractivity contribution in [1.29, 1.82) is 0 Å². The zero-order valence-corrected chi connectivity index (χ0v) is 8.48. The molecule has 0 aliphatic carbocycles. The molecule has 1 heterocycles. The highest BCUT2D eigenvalue weighted by Crippen LogP contribution is 2.26. The molecule has 0 spiro atoms. The molecule has 0 fully saturated rings. The second-order valence-corrected chi connectivity index (χ2v) is 3.29. The van der Waals surface area contributed by atoms with Crippen molar-refractivity contribution in [2.45, 2.75) is 18.4 Å². The Bertz CT molecular complexity index is 411. The van der Waals surface area contributed by atoms with Gasteiger partial charge in [0.05, 0.1) is 12.7 Å². The number of nitrogens with zero attached hydrogens (tertiary/aromatic N) is 1. The van der Waals surface area contributed by atoms with Gasteiger partial charge in [0.25, 0.3) is 0 Å². The van der Waals surface area contributed by atoms with E-state index in [1.54, 1.807) is 0 Å². The van der Waals surface area contributed by atoms with Crippen molar-refractivity contribution in [3.63, 3.8) is 0 Å². The minimum Gasteiger partial charge on any atom is -0.481 e. The molecule has 0 aromatic carbocycles. The third-order valence-corrected chi connectivity index (χ3v) is 2.16. The van der Waals surface area contributed by atoms with Crippen LogP contribution in [0.25, 0.3) is 0 Å². The Morgan fingerprint density at radius 2 is 2.12 bits per heavy atom. The van der Waals surface area contributed by atoms with Crippen LogP contribution in [0.4, 0.5) is 0 Å². The first-order valence-corrected chi connectivity index (χ1v) is 4.55. The van der Waals surface area contributed by atoms with Gasteiger partial charge in [0.1, 0.15) is 11.7 Å². The summed E-state index contributed by atoms with van der Waals surface area (Å²) < 4.78 is 4.85. The van der Waals surface area contributed by atoms with Gasteiger partial charge in [0.2, 0.25) is 0 Å². The predicted octanol–water partition coefficient (Wildman–Crippen LogP) is 0.568. The molecule has 8 heteroatoms. The van der Waals surface area contributed by atoms with Crippen LogP contribution in [0.1, 0.15) is 18.1 Å². The molecule has 0 radical (unpaired) electrons. The largest absolute Gasteiger partial charge is 0.481 e. The number of hydrogen-bond acceptors (Lipinski definition) is 5. The smallest absolute Gasteiger partial charge is 0.380 e. The second kappa shape index (κ2) is 5.10. The van der Waals surface area contributed by atoms with Crippen LogP contribution >= 0.6 is 0 Å². The Balaban J connectivity index is 3.08. The Morgan fingerprint density at radius 3 is 2.47 bits per heavy atom. The van der Waals surface area contributed by atoms with Gasteiger partial charge in [0, 0.05) is 4.92 Å². The quantitative estimate of drug-likeness (QED) is 0.551. The lowest BCUT2D eigenvalue weighted by atomic mass is 9.94. The number of rotatable bonds is 6. The lowest BCUT2D eigenvalue weighted by Gasteiger charge is -2.13. The fraction of sp³-hybridized carbons (Fsp3) is 0.333. The van der Waals surface area contributed by atoms with Gasteiger partial charge in [-0.3, -0.25) is 14.9 Å². The molecular formula is C9H9NO7. The van der Waals surface area contributed by atoms with Gasteiger partial charge in [-0.15, -0.1) is 0 Å². The van der Waals surface area contributed by atoms with Crippen LogP contribution < -0.4 is 0 Å². The molecular weight excluding hydrogens is 234 g/mol. The van der Waals surface area contributed by atoms with E-state index < -0.39 is 35.2 Å². The minimum absolute atomic E-state index is 0.0310. The maximum atomic E-state index is 10.8. The molecule has 2 N–H and O–H groups in total. The number of nitro groups is 1. The zero-order chi connectivity index (χ0) is 13.0. The van der Waals surface area contributed by atoms with Gasteiger partial charge in [-0.05, 0) is 12.1 Å². The summed E-state index contributed by atoms with van der Waals surface area (Å²) in [5, 5.41) is 28.0. The molecule has 0 aliphatic heterocycles. The Hall–Kier alpha value is -2.38. The van der Waals surface area contributed by atoms with Crippen molar-refractivity contribution in [3.05, 3.63) is 34.3 Å². The third kappa shape index (κ3) is 3.03. The first kappa shape index (κ1) is 12.7. The molecule has 1 aromatic heterocycles. The summed E-state index contributed by atoms with van der Waals surface area (Å²) >= 11 is 0. The van der Waals surface area contributed by atoms with Crippen LogP contribution in [0, 0.1) is 10.1 Å². The van der Waals surface area contributed by atoms with E-state index >= 15 is 0 Å². The van der Waals surface area contributed by atoms with E-state index in [1.165, 1.54) is 18.4 Å². The highest BCUT2D eigenvalue weighted by Gasteiger charge is 2.42. The summed E-state index contributed by atoms with van der Waals surface area (Å²) in [7, 11) is 0. The van der Waals surface area contributed by atoms with E-state index in [1.807, 2.05) is 0 Å². The van der Waals surface area contributed by atoms with Gasteiger partial charge >= 0.3 is 18.0 Å². The van der Waals surface area contributed by atoms with E-state index in [0.29, 0.717) is 0 Å². The van der Waals surface area contributed by atoms with Crippen molar-refractivity contribution in [1.82, 2.24) is 0 Å². The van der Waals surface area contributed by atoms with Crippen LogP contribution in [0.5, 0.6) is 0 Å². The summed E-state index contributed by atoms with van der Waals surface area (Å²) in [6, 6.07) is 0.674. The molecule has 1 aromatic rings. The number of furan rings is 1. The van der Waals surface area contributed by atoms with Gasteiger partial charge in [-0.1, -0.05) is 0 Å². The fourth-order valence-corrected chi connectivity index (χ4v) is 1.47. The Labute approximate surface area is 94.6 Å². The van der Waals surface area contributed by atoms with Gasteiger partial charge in [-0.25, -0.2) is 4.79 Å². The highest BCUT2D eigenvalue weighted by atomic mass is 16.6. The standard InChI is InChI=1S/C9H9NO7/c11-7(12)4-5(6-2-1-3-17-6)8(9(13)14)10(15)16/h1-3,5,8H,4H2,(H,11,12)(H,13,14). The first-order valence-electron chi connectivity index (χ1n) is 4.55. The Kier molecular flexibility index (Phi) is 3.81. The van der Waals surface area contributed by atoms with Crippen LogP contribution in [-0.2, 0) is 9.59 Å². The average molecular weight is 243 g/mol. The highest BCUT2D eigenvalue weighted by molar-refractivity contribution is 5.76. The monoisotopic (exact) mass is 243 g/mol. The molecule has 17 heavy (non-hydrogen) atoms. The Morgan fingerprint density at radius 1 is 1.47 bits per heavy atom. The number of carboxylic acid groups (broad SMARTS) is 2. The van der Waals surface area contributed by atoms with E-state index in [2.05, 4.69) is 0 Å². The number of hydrogen-bond donors (Lipinski definition) is 2. The average Bonchev–Trinajstić information content (AvgIpc) is 2.66. The lowest BCUT2D eigenvalue weighted by molar-refractivity contribution is -0.514. The van der Waals surface area contributed by atoms with Crippen LogP contribution in [-0.4, -0.2) is 33.1 Å². The molecule has 0 saturated heterocycles. The molecule has 2 unspecified atom stereocenters. The topological polar surface area (TPSA) is 131 Å². The van der Waals surface area contributed by atoms with Crippen molar-refractivity contribution >= 4 is 11.9 Å². The molecule has 2 atom stereocenters. The summed E-state index contributed by atoms with van der Waals surface area (Å²) in [6.07, 6.45) is 0.508. The van der Waals surface area contributed by atoms with Crippen molar-refractivity contribution in [2.24, 2.45) is 0 Å². The normalized spacial score (nSPS) is 13.9. The molecule has 0 bridgehead atoms. The molecule has 92 valence electrons. The number of carboxylic acids is 2. The fourth-order valence-electron chi connectivity index (χ4n) is 1.47. The van der Waals surface area contributed by atoms with Gasteiger partial charge < -0.3 is 14.6 Å². The SMILES string of the molecule is O=C(O)CC(c1ccco1)C(C(=O)O)[N+](=O)[O-]. The van der Waals surface area contributed by atoms with Crippen molar-refractivity contribution in [3.8, 4) is 0 Å². The molecule has 0 saturated carbocycles. The number of aliphatic carboxylic acids is 2. The number of carbonyl (C=O) groups is 2. The summed E-state index contributed by atoms with van der Waals surface area (Å²) in [6.45, 7) is 0. The summed E-state index contributed by atoms with van der Waals surface area (Å²) in [5.74, 6) is -4.40. The van der Waals surface area contributed by atoms with Crippen LogP contribution in [0.15, 0.2) is 22.8 Å². The molecule has 0 amide bonds. The molecule has 8 nitrogen and oxygen atoms in total. The van der Waals surface area contributed by atoms with Crippen LogP contribution in [0.2, 0.25) is 0 Å². The van der Waals surface area contributed by atoms with Crippen molar-refractivity contribution < 1.29 is 29.1 Å².